The zero-order chi connectivity index (χ0) is 11.7. The lowest BCUT2D eigenvalue weighted by Gasteiger charge is -2.18. The van der Waals surface area contributed by atoms with Gasteiger partial charge in [0.05, 0.1) is 5.69 Å². The number of carbonyl (C=O) groups is 1. The van der Waals surface area contributed by atoms with Gasteiger partial charge in [-0.2, -0.15) is 0 Å². The summed E-state index contributed by atoms with van der Waals surface area (Å²) in [6.45, 7) is 0.768. The minimum absolute atomic E-state index is 0.174. The molecule has 1 atom stereocenters. The summed E-state index contributed by atoms with van der Waals surface area (Å²) in [6, 6.07) is 5.49. The van der Waals surface area contributed by atoms with Crippen LogP contribution in [0.5, 0.6) is 0 Å². The molecule has 5 heteroatoms. The highest BCUT2D eigenvalue weighted by atomic mass is 79.9. The van der Waals surface area contributed by atoms with Crippen LogP contribution >= 0.6 is 43.5 Å². The number of hydrogen-bond acceptors (Lipinski definition) is 1. The molecule has 1 aromatic rings. The Bertz CT molecular complexity index is 424. The second-order valence-electron chi connectivity index (χ2n) is 3.82. The fraction of sp³-hybridized carbons (Fsp3) is 0.364. The van der Waals surface area contributed by atoms with Gasteiger partial charge < -0.3 is 4.90 Å². The molecule has 0 aromatic heterocycles. The smallest absolute Gasteiger partial charge is 0.227 e. The lowest BCUT2D eigenvalue weighted by molar-refractivity contribution is -0.117. The molecule has 0 radical (unpaired) electrons. The van der Waals surface area contributed by atoms with Crippen LogP contribution in [0.1, 0.15) is 6.42 Å². The molecule has 0 spiro atoms. The van der Waals surface area contributed by atoms with Crippen LogP contribution in [-0.2, 0) is 4.79 Å². The van der Waals surface area contributed by atoms with Gasteiger partial charge in [-0.05, 0) is 40.0 Å². The fourth-order valence-corrected chi connectivity index (χ4v) is 3.15. The van der Waals surface area contributed by atoms with E-state index in [1.807, 2.05) is 17.0 Å². The molecule has 1 fully saturated rings. The Morgan fingerprint density at radius 3 is 2.81 bits per heavy atom. The van der Waals surface area contributed by atoms with Crippen LogP contribution in [0.4, 0.5) is 5.69 Å². The number of benzene rings is 1. The highest BCUT2D eigenvalue weighted by Crippen LogP contribution is 2.33. The van der Waals surface area contributed by atoms with Gasteiger partial charge in [-0.1, -0.05) is 27.5 Å². The molecule has 0 N–H and O–H groups in total. The minimum Gasteiger partial charge on any atom is -0.311 e. The van der Waals surface area contributed by atoms with Gasteiger partial charge in [-0.25, -0.2) is 0 Å². The van der Waals surface area contributed by atoms with Crippen LogP contribution in [0.3, 0.4) is 0 Å². The number of halogens is 3. The van der Waals surface area contributed by atoms with Crippen molar-refractivity contribution in [2.24, 2.45) is 5.92 Å². The van der Waals surface area contributed by atoms with Crippen molar-refractivity contribution in [2.75, 3.05) is 16.8 Å². The number of carbonyl (C=O) groups excluding carboxylic acids is 1. The molecule has 1 aliphatic rings. The third-order valence-electron chi connectivity index (χ3n) is 2.62. The van der Waals surface area contributed by atoms with E-state index in [0.717, 1.165) is 22.0 Å². The van der Waals surface area contributed by atoms with Crippen molar-refractivity contribution >= 4 is 55.1 Å². The molecule has 1 saturated heterocycles. The van der Waals surface area contributed by atoms with Crippen molar-refractivity contribution in [1.29, 1.82) is 0 Å². The summed E-state index contributed by atoms with van der Waals surface area (Å²) in [5, 5.41) is 1.53. The number of anilines is 1. The Kier molecular flexibility index (Phi) is 3.93. The average molecular weight is 367 g/mol. The van der Waals surface area contributed by atoms with E-state index in [1.54, 1.807) is 6.07 Å². The Balaban J connectivity index is 2.28. The monoisotopic (exact) mass is 365 g/mol. The lowest BCUT2D eigenvalue weighted by atomic mass is 10.2. The standard InChI is InChI=1S/C11H10Br2ClNO/c12-5-7-3-11(16)15(6-7)10-2-1-8(14)4-9(10)13/h1-2,4,7H,3,5-6H2. The van der Waals surface area contributed by atoms with E-state index in [1.165, 1.54) is 0 Å². The minimum atomic E-state index is 0.174. The van der Waals surface area contributed by atoms with E-state index >= 15 is 0 Å². The molecule has 1 amide bonds. The molecule has 2 nitrogen and oxygen atoms in total. The van der Waals surface area contributed by atoms with E-state index in [0.29, 0.717) is 17.4 Å². The molecule has 1 aliphatic heterocycles. The maximum Gasteiger partial charge on any atom is 0.227 e. The van der Waals surface area contributed by atoms with Crippen molar-refractivity contribution in [3.05, 3.63) is 27.7 Å². The van der Waals surface area contributed by atoms with E-state index in [9.17, 15) is 4.79 Å². The third-order valence-corrected chi connectivity index (χ3v) is 4.41. The maximum absolute atomic E-state index is 11.8. The number of nitrogens with zero attached hydrogens (tertiary/aromatic N) is 1. The molecule has 0 saturated carbocycles. The first-order valence-corrected chi connectivity index (χ1v) is 7.22. The van der Waals surface area contributed by atoms with Gasteiger partial charge in [0, 0.05) is 27.8 Å². The summed E-state index contributed by atoms with van der Waals surface area (Å²) in [5.41, 5.74) is 0.901. The summed E-state index contributed by atoms with van der Waals surface area (Å²) in [5.74, 6) is 0.572. The molecule has 2 rings (SSSR count). The summed E-state index contributed by atoms with van der Waals surface area (Å²) in [4.78, 5) is 13.6. The quantitative estimate of drug-likeness (QED) is 0.727. The molecular weight excluding hydrogens is 357 g/mol. The summed E-state index contributed by atoms with van der Waals surface area (Å²) in [6.07, 6.45) is 0.611. The summed E-state index contributed by atoms with van der Waals surface area (Å²) in [7, 11) is 0. The first-order valence-electron chi connectivity index (χ1n) is 4.93. The van der Waals surface area contributed by atoms with Gasteiger partial charge in [-0.3, -0.25) is 4.79 Å². The topological polar surface area (TPSA) is 20.3 Å². The predicted octanol–water partition coefficient (Wildman–Crippen LogP) is 3.85. The second-order valence-corrected chi connectivity index (χ2v) is 5.76. The second kappa shape index (κ2) is 5.07. The van der Waals surface area contributed by atoms with Gasteiger partial charge in [-0.15, -0.1) is 0 Å². The number of amides is 1. The van der Waals surface area contributed by atoms with Gasteiger partial charge in [0.25, 0.3) is 0 Å². The summed E-state index contributed by atoms with van der Waals surface area (Å²) >= 11 is 12.7. The molecule has 86 valence electrons. The predicted molar refractivity (Wildman–Crippen MR) is 73.4 cm³/mol. The largest absolute Gasteiger partial charge is 0.311 e. The molecule has 1 aromatic carbocycles. The van der Waals surface area contributed by atoms with Crippen molar-refractivity contribution in [2.45, 2.75) is 6.42 Å². The average Bonchev–Trinajstić information content (AvgIpc) is 2.60. The van der Waals surface area contributed by atoms with Crippen LogP contribution in [0.25, 0.3) is 0 Å². The van der Waals surface area contributed by atoms with Crippen molar-refractivity contribution in [3.63, 3.8) is 0 Å². The maximum atomic E-state index is 11.8. The molecule has 0 bridgehead atoms. The Morgan fingerprint density at radius 2 is 2.25 bits per heavy atom. The van der Waals surface area contributed by atoms with Gasteiger partial charge in [0.15, 0.2) is 0 Å². The van der Waals surface area contributed by atoms with Crippen molar-refractivity contribution < 1.29 is 4.79 Å². The summed E-state index contributed by atoms with van der Waals surface area (Å²) < 4.78 is 0.864. The first-order chi connectivity index (χ1) is 7.61. The van der Waals surface area contributed by atoms with Crippen molar-refractivity contribution in [3.8, 4) is 0 Å². The number of rotatable bonds is 2. The number of hydrogen-bond donors (Lipinski definition) is 0. The van der Waals surface area contributed by atoms with E-state index in [2.05, 4.69) is 31.9 Å². The zero-order valence-corrected chi connectivity index (χ0v) is 12.3. The third kappa shape index (κ3) is 2.44. The number of alkyl halides is 1. The molecular formula is C11H10Br2ClNO. The SMILES string of the molecule is O=C1CC(CBr)CN1c1ccc(Cl)cc1Br. The van der Waals surface area contributed by atoms with Gasteiger partial charge in [0.2, 0.25) is 5.91 Å². The van der Waals surface area contributed by atoms with Gasteiger partial charge >= 0.3 is 0 Å². The normalized spacial score (nSPS) is 20.6. The molecule has 0 aliphatic carbocycles. The Labute approximate surface area is 116 Å². The van der Waals surface area contributed by atoms with E-state index in [-0.39, 0.29) is 5.91 Å². The fourth-order valence-electron chi connectivity index (χ4n) is 1.82. The van der Waals surface area contributed by atoms with Crippen molar-refractivity contribution in [1.82, 2.24) is 0 Å². The van der Waals surface area contributed by atoms with Crippen LogP contribution in [0.15, 0.2) is 22.7 Å². The van der Waals surface area contributed by atoms with E-state index in [4.69, 9.17) is 11.6 Å². The Hall–Kier alpha value is -0.0600. The highest BCUT2D eigenvalue weighted by molar-refractivity contribution is 9.10. The van der Waals surface area contributed by atoms with Gasteiger partial charge in [0.1, 0.15) is 0 Å². The van der Waals surface area contributed by atoms with Crippen LogP contribution in [0, 0.1) is 5.92 Å². The first kappa shape index (κ1) is 12.4. The molecule has 1 unspecified atom stereocenters. The van der Waals surface area contributed by atoms with Crippen LogP contribution in [0.2, 0.25) is 5.02 Å². The molecule has 1 heterocycles. The highest BCUT2D eigenvalue weighted by Gasteiger charge is 2.30. The Morgan fingerprint density at radius 1 is 1.50 bits per heavy atom. The van der Waals surface area contributed by atoms with E-state index < -0.39 is 0 Å². The van der Waals surface area contributed by atoms with Crippen LogP contribution in [-0.4, -0.2) is 17.8 Å². The zero-order valence-electron chi connectivity index (χ0n) is 8.42. The molecule has 16 heavy (non-hydrogen) atoms. The lowest BCUT2D eigenvalue weighted by Crippen LogP contribution is -2.24. The van der Waals surface area contributed by atoms with Crippen LogP contribution < -0.4 is 4.90 Å².